The number of aromatic nitrogens is 1. The zero-order valence-electron chi connectivity index (χ0n) is 14.1. The molecule has 25 heavy (non-hydrogen) atoms. The van der Waals surface area contributed by atoms with E-state index in [1.165, 1.54) is 11.8 Å². The first-order valence-electron chi connectivity index (χ1n) is 8.18. The van der Waals surface area contributed by atoms with Crippen molar-refractivity contribution in [3.8, 4) is 11.8 Å². The first-order chi connectivity index (χ1) is 12.1. The normalized spacial score (nSPS) is 17.2. The summed E-state index contributed by atoms with van der Waals surface area (Å²) in [6.45, 7) is 4.59. The quantitative estimate of drug-likeness (QED) is 0.859. The van der Waals surface area contributed by atoms with E-state index in [0.717, 1.165) is 43.1 Å². The standard InChI is InChI=1S/C18H20N4O2S/c1-13(23)21-9-15-7-16(2-4-20-15)24-17-3-5-22(10-17)11-18-6-14(8-19)12-25-18/h2,4,6-7,12,17H,3,5,9-11H2,1H3,(H,21,23). The Morgan fingerprint density at radius 1 is 1.56 bits per heavy atom. The first kappa shape index (κ1) is 17.4. The van der Waals surface area contributed by atoms with Crippen LogP contribution in [0, 0.1) is 11.3 Å². The van der Waals surface area contributed by atoms with E-state index in [1.807, 2.05) is 23.6 Å². The van der Waals surface area contributed by atoms with E-state index in [1.54, 1.807) is 17.5 Å². The topological polar surface area (TPSA) is 78.2 Å². The van der Waals surface area contributed by atoms with Gasteiger partial charge in [0.15, 0.2) is 0 Å². The minimum absolute atomic E-state index is 0.0762. The van der Waals surface area contributed by atoms with Crippen LogP contribution in [0.1, 0.15) is 29.5 Å². The van der Waals surface area contributed by atoms with Crippen LogP contribution < -0.4 is 10.1 Å². The highest BCUT2D eigenvalue weighted by atomic mass is 32.1. The van der Waals surface area contributed by atoms with Crippen molar-refractivity contribution in [1.82, 2.24) is 15.2 Å². The van der Waals surface area contributed by atoms with Crippen molar-refractivity contribution in [1.29, 1.82) is 5.26 Å². The Bertz CT molecular complexity index is 783. The summed E-state index contributed by atoms with van der Waals surface area (Å²) in [5, 5.41) is 13.5. The van der Waals surface area contributed by atoms with Crippen molar-refractivity contribution in [3.05, 3.63) is 45.9 Å². The number of ether oxygens (including phenoxy) is 1. The Morgan fingerprint density at radius 2 is 2.44 bits per heavy atom. The van der Waals surface area contributed by atoms with Gasteiger partial charge < -0.3 is 10.1 Å². The number of thiophene rings is 1. The highest BCUT2D eigenvalue weighted by Gasteiger charge is 2.24. The van der Waals surface area contributed by atoms with E-state index < -0.39 is 0 Å². The van der Waals surface area contributed by atoms with Crippen LogP contribution in [-0.4, -0.2) is 35.0 Å². The van der Waals surface area contributed by atoms with Crippen LogP contribution in [0.3, 0.4) is 0 Å². The lowest BCUT2D eigenvalue weighted by atomic mass is 10.3. The number of carbonyl (C=O) groups excluding carboxylic acids is 1. The molecule has 1 aliphatic rings. The largest absolute Gasteiger partial charge is 0.489 e. The van der Waals surface area contributed by atoms with Crippen LogP contribution in [0.4, 0.5) is 0 Å². The van der Waals surface area contributed by atoms with Crippen molar-refractivity contribution in [3.63, 3.8) is 0 Å². The minimum atomic E-state index is -0.0762. The molecule has 0 spiro atoms. The van der Waals surface area contributed by atoms with E-state index in [4.69, 9.17) is 10.00 Å². The lowest BCUT2D eigenvalue weighted by molar-refractivity contribution is -0.119. The van der Waals surface area contributed by atoms with Crippen LogP contribution in [0.25, 0.3) is 0 Å². The molecule has 0 aliphatic carbocycles. The third kappa shape index (κ3) is 5.02. The van der Waals surface area contributed by atoms with Gasteiger partial charge >= 0.3 is 0 Å². The number of nitriles is 1. The van der Waals surface area contributed by atoms with Gasteiger partial charge in [0.1, 0.15) is 17.9 Å². The number of rotatable bonds is 6. The molecule has 2 aromatic rings. The Morgan fingerprint density at radius 3 is 3.20 bits per heavy atom. The molecule has 1 saturated heterocycles. The smallest absolute Gasteiger partial charge is 0.217 e. The number of hydrogen-bond acceptors (Lipinski definition) is 6. The average Bonchev–Trinajstić information content (AvgIpc) is 3.23. The number of carbonyl (C=O) groups is 1. The van der Waals surface area contributed by atoms with E-state index >= 15 is 0 Å². The maximum atomic E-state index is 11.0. The van der Waals surface area contributed by atoms with Gasteiger partial charge in [-0.15, -0.1) is 11.3 Å². The minimum Gasteiger partial charge on any atom is -0.489 e. The molecule has 2 aromatic heterocycles. The summed E-state index contributed by atoms with van der Waals surface area (Å²) in [6.07, 6.45) is 2.82. The maximum absolute atomic E-state index is 11.0. The summed E-state index contributed by atoms with van der Waals surface area (Å²) < 4.78 is 6.07. The van der Waals surface area contributed by atoms with Gasteiger partial charge in [-0.1, -0.05) is 0 Å². The summed E-state index contributed by atoms with van der Waals surface area (Å²) >= 11 is 1.63. The molecule has 0 saturated carbocycles. The van der Waals surface area contributed by atoms with Crippen LogP contribution in [0.2, 0.25) is 0 Å². The van der Waals surface area contributed by atoms with E-state index in [0.29, 0.717) is 6.54 Å². The zero-order chi connectivity index (χ0) is 17.6. The average molecular weight is 356 g/mol. The van der Waals surface area contributed by atoms with Crippen LogP contribution in [0.5, 0.6) is 5.75 Å². The predicted molar refractivity (Wildman–Crippen MR) is 95.1 cm³/mol. The van der Waals surface area contributed by atoms with Gasteiger partial charge in [-0.05, 0) is 18.6 Å². The Balaban J connectivity index is 1.51. The highest BCUT2D eigenvalue weighted by Crippen LogP contribution is 2.22. The third-order valence-electron chi connectivity index (χ3n) is 4.00. The fraction of sp³-hybridized carbons (Fsp3) is 0.389. The van der Waals surface area contributed by atoms with Crippen LogP contribution in [0.15, 0.2) is 29.8 Å². The molecule has 1 amide bonds. The fourth-order valence-corrected chi connectivity index (χ4v) is 3.66. The second kappa shape index (κ2) is 8.10. The molecule has 6 nitrogen and oxygen atoms in total. The van der Waals surface area contributed by atoms with Gasteiger partial charge in [-0.25, -0.2) is 0 Å². The molecule has 0 radical (unpaired) electrons. The Labute approximate surface area is 151 Å². The van der Waals surface area contributed by atoms with E-state index in [2.05, 4.69) is 21.3 Å². The summed E-state index contributed by atoms with van der Waals surface area (Å²) in [5.74, 6) is 0.706. The first-order valence-corrected chi connectivity index (χ1v) is 9.06. The van der Waals surface area contributed by atoms with Crippen molar-refractivity contribution in [2.45, 2.75) is 32.5 Å². The van der Waals surface area contributed by atoms with Crippen molar-refractivity contribution >= 4 is 17.2 Å². The van der Waals surface area contributed by atoms with Gasteiger partial charge in [0.25, 0.3) is 0 Å². The van der Waals surface area contributed by atoms with Gasteiger partial charge in [0, 0.05) is 49.1 Å². The summed E-state index contributed by atoms with van der Waals surface area (Å²) in [6, 6.07) is 7.84. The van der Waals surface area contributed by atoms with Gasteiger partial charge in [0.05, 0.1) is 17.8 Å². The van der Waals surface area contributed by atoms with Crippen LogP contribution >= 0.6 is 11.3 Å². The number of likely N-dealkylation sites (tertiary alicyclic amines) is 1. The Hall–Kier alpha value is -2.43. The zero-order valence-corrected chi connectivity index (χ0v) is 14.9. The van der Waals surface area contributed by atoms with Crippen LogP contribution in [-0.2, 0) is 17.9 Å². The van der Waals surface area contributed by atoms with Gasteiger partial charge in [-0.3, -0.25) is 14.7 Å². The van der Waals surface area contributed by atoms with Crippen molar-refractivity contribution < 1.29 is 9.53 Å². The molecule has 3 heterocycles. The molecule has 3 rings (SSSR count). The molecule has 0 bridgehead atoms. The summed E-state index contributed by atoms with van der Waals surface area (Å²) in [4.78, 5) is 18.8. The molecule has 130 valence electrons. The molecule has 1 N–H and O–H groups in total. The van der Waals surface area contributed by atoms with Gasteiger partial charge in [-0.2, -0.15) is 5.26 Å². The van der Waals surface area contributed by atoms with E-state index in [9.17, 15) is 4.79 Å². The lowest BCUT2D eigenvalue weighted by Gasteiger charge is -2.16. The number of nitrogens with one attached hydrogen (secondary N) is 1. The van der Waals surface area contributed by atoms with Crippen molar-refractivity contribution in [2.75, 3.05) is 13.1 Å². The molecule has 7 heteroatoms. The number of pyridine rings is 1. The summed E-state index contributed by atoms with van der Waals surface area (Å²) in [7, 11) is 0. The molecule has 1 fully saturated rings. The van der Waals surface area contributed by atoms with Crippen molar-refractivity contribution in [2.24, 2.45) is 0 Å². The number of amides is 1. The molecule has 1 atom stereocenters. The maximum Gasteiger partial charge on any atom is 0.217 e. The lowest BCUT2D eigenvalue weighted by Crippen LogP contribution is -2.24. The molecule has 0 aromatic carbocycles. The third-order valence-corrected chi connectivity index (χ3v) is 4.92. The molecular formula is C18H20N4O2S. The summed E-state index contributed by atoms with van der Waals surface area (Å²) in [5.41, 5.74) is 1.51. The van der Waals surface area contributed by atoms with E-state index in [-0.39, 0.29) is 12.0 Å². The molecular weight excluding hydrogens is 336 g/mol. The second-order valence-electron chi connectivity index (χ2n) is 6.07. The highest BCUT2D eigenvalue weighted by molar-refractivity contribution is 7.10. The molecule has 1 unspecified atom stereocenters. The predicted octanol–water partition coefficient (Wildman–Crippen LogP) is 2.30. The number of hydrogen-bond donors (Lipinski definition) is 1. The molecule has 1 aliphatic heterocycles. The fourth-order valence-electron chi connectivity index (χ4n) is 2.81. The number of nitrogens with zero attached hydrogens (tertiary/aromatic N) is 3. The second-order valence-corrected chi connectivity index (χ2v) is 7.07. The monoisotopic (exact) mass is 356 g/mol. The van der Waals surface area contributed by atoms with Gasteiger partial charge in [0.2, 0.25) is 5.91 Å². The SMILES string of the molecule is CC(=O)NCc1cc(OC2CCN(Cc3cc(C#N)cs3)C2)ccn1. The Kier molecular flexibility index (Phi) is 5.64.